The molecule has 0 radical (unpaired) electrons. The van der Waals surface area contributed by atoms with Crippen LogP contribution in [-0.4, -0.2) is 26.7 Å². The van der Waals surface area contributed by atoms with Crippen molar-refractivity contribution in [3.63, 3.8) is 0 Å². The second-order valence-corrected chi connectivity index (χ2v) is 8.06. The molecule has 0 saturated heterocycles. The van der Waals surface area contributed by atoms with Gasteiger partial charge in [-0.1, -0.05) is 23.7 Å². The van der Waals surface area contributed by atoms with Crippen molar-refractivity contribution in [2.24, 2.45) is 0 Å². The molecule has 0 fully saturated rings. The lowest BCUT2D eigenvalue weighted by Gasteiger charge is -2.14. The molecular formula is C17H18ClNO4S. The number of anilines is 1. The van der Waals surface area contributed by atoms with E-state index in [2.05, 4.69) is 5.32 Å². The van der Waals surface area contributed by atoms with Crippen molar-refractivity contribution in [1.82, 2.24) is 0 Å². The molecule has 0 aliphatic heterocycles. The topological polar surface area (TPSA) is 72.5 Å². The van der Waals surface area contributed by atoms with Crippen LogP contribution < -0.4 is 10.1 Å². The normalized spacial score (nSPS) is 12.5. The Labute approximate surface area is 146 Å². The molecule has 0 heterocycles. The first kappa shape index (κ1) is 18.3. The fourth-order valence-corrected chi connectivity index (χ4v) is 3.47. The molecule has 2 aromatic carbocycles. The van der Waals surface area contributed by atoms with Crippen LogP contribution in [0.25, 0.3) is 0 Å². The summed E-state index contributed by atoms with van der Waals surface area (Å²) in [7, 11) is -2.15. The SMILES string of the molecule is COc1cccc(CS(=O)(=O)C(C)C(=O)Nc2ccc(Cl)cc2)c1. The summed E-state index contributed by atoms with van der Waals surface area (Å²) in [5.74, 6) is -0.249. The predicted molar refractivity (Wildman–Crippen MR) is 95.2 cm³/mol. The van der Waals surface area contributed by atoms with Gasteiger partial charge < -0.3 is 10.1 Å². The Balaban J connectivity index is 2.09. The maximum Gasteiger partial charge on any atom is 0.242 e. The molecule has 1 N–H and O–H groups in total. The Morgan fingerprint density at radius 3 is 2.50 bits per heavy atom. The van der Waals surface area contributed by atoms with E-state index in [1.807, 2.05) is 0 Å². The number of amides is 1. The van der Waals surface area contributed by atoms with Crippen LogP contribution >= 0.6 is 11.6 Å². The Bertz CT molecular complexity index is 819. The lowest BCUT2D eigenvalue weighted by Crippen LogP contribution is -2.33. The van der Waals surface area contributed by atoms with Gasteiger partial charge in [0.15, 0.2) is 9.84 Å². The van der Waals surface area contributed by atoms with Gasteiger partial charge in [-0.3, -0.25) is 4.79 Å². The van der Waals surface area contributed by atoms with Gasteiger partial charge in [-0.15, -0.1) is 0 Å². The second kappa shape index (κ2) is 7.68. The summed E-state index contributed by atoms with van der Waals surface area (Å²) in [4.78, 5) is 12.2. The van der Waals surface area contributed by atoms with E-state index < -0.39 is 21.0 Å². The van der Waals surface area contributed by atoms with Crippen molar-refractivity contribution in [1.29, 1.82) is 0 Å². The van der Waals surface area contributed by atoms with E-state index in [9.17, 15) is 13.2 Å². The molecule has 0 bridgehead atoms. The number of halogens is 1. The van der Waals surface area contributed by atoms with E-state index in [1.54, 1.807) is 48.5 Å². The van der Waals surface area contributed by atoms with E-state index in [0.29, 0.717) is 22.0 Å². The number of carbonyl (C=O) groups is 1. The predicted octanol–water partition coefficient (Wildman–Crippen LogP) is 3.29. The molecule has 7 heteroatoms. The smallest absolute Gasteiger partial charge is 0.242 e. The highest BCUT2D eigenvalue weighted by Gasteiger charge is 2.28. The number of ether oxygens (including phenoxy) is 1. The molecule has 0 aliphatic rings. The van der Waals surface area contributed by atoms with Crippen LogP contribution in [0, 0.1) is 0 Å². The Hall–Kier alpha value is -2.05. The molecule has 0 saturated carbocycles. The molecule has 0 aromatic heterocycles. The van der Waals surface area contributed by atoms with Gasteiger partial charge in [0.05, 0.1) is 12.9 Å². The number of benzene rings is 2. The molecule has 24 heavy (non-hydrogen) atoms. The first-order valence-corrected chi connectivity index (χ1v) is 9.32. The highest BCUT2D eigenvalue weighted by atomic mass is 35.5. The summed E-state index contributed by atoms with van der Waals surface area (Å²) in [5, 5.41) is 1.93. The van der Waals surface area contributed by atoms with Crippen LogP contribution in [-0.2, 0) is 20.4 Å². The lowest BCUT2D eigenvalue weighted by molar-refractivity contribution is -0.115. The van der Waals surface area contributed by atoms with Gasteiger partial charge in [0.2, 0.25) is 5.91 Å². The summed E-state index contributed by atoms with van der Waals surface area (Å²) >= 11 is 5.78. The molecular weight excluding hydrogens is 350 g/mol. The standard InChI is InChI=1S/C17H18ClNO4S/c1-12(17(20)19-15-8-6-14(18)7-9-15)24(21,22)11-13-4-3-5-16(10-13)23-2/h3-10,12H,11H2,1-2H3,(H,19,20). The Morgan fingerprint density at radius 1 is 1.21 bits per heavy atom. The molecule has 1 atom stereocenters. The van der Waals surface area contributed by atoms with Gasteiger partial charge in [0.1, 0.15) is 11.0 Å². The summed E-state index contributed by atoms with van der Waals surface area (Å²) < 4.78 is 30.0. The molecule has 2 rings (SSSR count). The largest absolute Gasteiger partial charge is 0.497 e. The maximum absolute atomic E-state index is 12.5. The van der Waals surface area contributed by atoms with Gasteiger partial charge >= 0.3 is 0 Å². The van der Waals surface area contributed by atoms with Crippen molar-refractivity contribution in [2.45, 2.75) is 17.9 Å². The first-order chi connectivity index (χ1) is 11.3. The van der Waals surface area contributed by atoms with Crippen LogP contribution in [0.2, 0.25) is 5.02 Å². The Kier molecular flexibility index (Phi) is 5.85. The van der Waals surface area contributed by atoms with Crippen LogP contribution in [0.5, 0.6) is 5.75 Å². The number of sulfone groups is 1. The summed E-state index contributed by atoms with van der Waals surface area (Å²) in [6, 6.07) is 13.2. The Morgan fingerprint density at radius 2 is 1.88 bits per heavy atom. The zero-order valence-electron chi connectivity index (χ0n) is 13.3. The van der Waals surface area contributed by atoms with Crippen LogP contribution in [0.3, 0.4) is 0 Å². The van der Waals surface area contributed by atoms with Crippen molar-refractivity contribution in [2.75, 3.05) is 12.4 Å². The van der Waals surface area contributed by atoms with Crippen LogP contribution in [0.4, 0.5) is 5.69 Å². The molecule has 0 aliphatic carbocycles. The molecule has 0 spiro atoms. The third kappa shape index (κ3) is 4.72. The average Bonchev–Trinajstić information content (AvgIpc) is 2.56. The highest BCUT2D eigenvalue weighted by molar-refractivity contribution is 7.92. The van der Waals surface area contributed by atoms with E-state index in [1.165, 1.54) is 14.0 Å². The number of hydrogen-bond donors (Lipinski definition) is 1. The molecule has 5 nitrogen and oxygen atoms in total. The third-order valence-electron chi connectivity index (χ3n) is 3.52. The minimum Gasteiger partial charge on any atom is -0.497 e. The number of methoxy groups -OCH3 is 1. The van der Waals surface area contributed by atoms with Crippen molar-refractivity contribution in [3.8, 4) is 5.75 Å². The number of hydrogen-bond acceptors (Lipinski definition) is 4. The lowest BCUT2D eigenvalue weighted by atomic mass is 10.2. The molecule has 1 amide bonds. The zero-order chi connectivity index (χ0) is 17.7. The zero-order valence-corrected chi connectivity index (χ0v) is 14.9. The highest BCUT2D eigenvalue weighted by Crippen LogP contribution is 2.19. The summed E-state index contributed by atoms with van der Waals surface area (Å²) in [6.45, 7) is 1.38. The monoisotopic (exact) mass is 367 g/mol. The third-order valence-corrected chi connectivity index (χ3v) is 5.80. The van der Waals surface area contributed by atoms with Gasteiger partial charge in [0, 0.05) is 10.7 Å². The maximum atomic E-state index is 12.5. The fourth-order valence-electron chi connectivity index (χ4n) is 2.06. The van der Waals surface area contributed by atoms with E-state index in [0.717, 1.165) is 0 Å². The van der Waals surface area contributed by atoms with E-state index >= 15 is 0 Å². The van der Waals surface area contributed by atoms with Crippen molar-refractivity contribution in [3.05, 3.63) is 59.1 Å². The molecule has 1 unspecified atom stereocenters. The molecule has 2 aromatic rings. The molecule has 128 valence electrons. The second-order valence-electron chi connectivity index (χ2n) is 5.30. The minimum absolute atomic E-state index is 0.237. The fraction of sp³-hybridized carbons (Fsp3) is 0.235. The minimum atomic E-state index is -3.66. The van der Waals surface area contributed by atoms with Gasteiger partial charge in [0.25, 0.3) is 0 Å². The van der Waals surface area contributed by atoms with E-state index in [4.69, 9.17) is 16.3 Å². The number of carbonyl (C=O) groups excluding carboxylic acids is 1. The first-order valence-electron chi connectivity index (χ1n) is 7.23. The van der Waals surface area contributed by atoms with Crippen LogP contribution in [0.1, 0.15) is 12.5 Å². The van der Waals surface area contributed by atoms with Crippen molar-refractivity contribution >= 4 is 33.0 Å². The van der Waals surface area contributed by atoms with Gasteiger partial charge in [-0.2, -0.15) is 0 Å². The van der Waals surface area contributed by atoms with E-state index in [-0.39, 0.29) is 5.75 Å². The summed E-state index contributed by atoms with van der Waals surface area (Å²) in [6.07, 6.45) is 0. The van der Waals surface area contributed by atoms with Crippen LogP contribution in [0.15, 0.2) is 48.5 Å². The quantitative estimate of drug-likeness (QED) is 0.850. The number of rotatable bonds is 6. The van der Waals surface area contributed by atoms with Crippen molar-refractivity contribution < 1.29 is 17.9 Å². The average molecular weight is 368 g/mol. The number of nitrogens with one attached hydrogen (secondary N) is 1. The summed E-state index contributed by atoms with van der Waals surface area (Å²) in [5.41, 5.74) is 1.06. The van der Waals surface area contributed by atoms with Gasteiger partial charge in [-0.25, -0.2) is 8.42 Å². The van der Waals surface area contributed by atoms with Gasteiger partial charge in [-0.05, 0) is 48.9 Å².